The van der Waals surface area contributed by atoms with Crippen molar-refractivity contribution in [3.63, 3.8) is 0 Å². The Kier molecular flexibility index (Phi) is 40.6. The van der Waals surface area contributed by atoms with E-state index >= 15 is 0 Å². The number of rotatable bonds is 38. The number of carbonyl (C=O) groups is 3. The highest BCUT2D eigenvalue weighted by Crippen LogP contribution is 2.12. The third kappa shape index (κ3) is 40.7. The maximum absolute atomic E-state index is 12.6. The van der Waals surface area contributed by atoms with Crippen molar-refractivity contribution in [2.75, 3.05) is 32.7 Å². The van der Waals surface area contributed by atoms with E-state index in [4.69, 9.17) is 14.2 Å². The van der Waals surface area contributed by atoms with Crippen LogP contribution in [0.15, 0.2) is 48.6 Å². The molecule has 53 heavy (non-hydrogen) atoms. The average Bonchev–Trinajstić information content (AvgIpc) is 3.14. The Morgan fingerprint density at radius 2 is 0.887 bits per heavy atom. The van der Waals surface area contributed by atoms with E-state index in [1.54, 1.807) is 7.11 Å². The Hall–Kier alpha value is -2.32. The van der Waals surface area contributed by atoms with Gasteiger partial charge in [0, 0.05) is 12.9 Å². The zero-order valence-corrected chi connectivity index (χ0v) is 35.1. The minimum absolute atomic E-state index is 0.0568. The predicted molar refractivity (Wildman–Crippen MR) is 227 cm³/mol. The minimum Gasteiger partial charge on any atom is -0.466 e. The van der Waals surface area contributed by atoms with Gasteiger partial charge in [-0.3, -0.25) is 14.4 Å². The number of amides is 1. The number of ether oxygens (including phenoxy) is 3. The summed E-state index contributed by atoms with van der Waals surface area (Å²) in [5.41, 5.74) is 0. The van der Waals surface area contributed by atoms with Crippen molar-refractivity contribution in [1.29, 1.82) is 0 Å². The van der Waals surface area contributed by atoms with E-state index < -0.39 is 18.0 Å². The van der Waals surface area contributed by atoms with Crippen molar-refractivity contribution in [3.05, 3.63) is 48.6 Å². The van der Waals surface area contributed by atoms with E-state index in [-0.39, 0.29) is 18.1 Å². The number of methoxy groups -OCH3 is 1. The van der Waals surface area contributed by atoms with Crippen molar-refractivity contribution in [1.82, 2.24) is 5.32 Å². The molecule has 0 spiro atoms. The largest absolute Gasteiger partial charge is 0.466 e. The number of nitrogens with one attached hydrogen (secondary N) is 1. The van der Waals surface area contributed by atoms with Crippen molar-refractivity contribution in [2.24, 2.45) is 0 Å². The van der Waals surface area contributed by atoms with E-state index in [1.165, 1.54) is 89.9 Å². The van der Waals surface area contributed by atoms with Gasteiger partial charge in [-0.15, -0.1) is 0 Å². The van der Waals surface area contributed by atoms with Crippen LogP contribution in [0.2, 0.25) is 0 Å². The van der Waals surface area contributed by atoms with Gasteiger partial charge in [0.1, 0.15) is 0 Å². The van der Waals surface area contributed by atoms with Crippen LogP contribution in [0.5, 0.6) is 0 Å². The Labute approximate surface area is 330 Å². The molecule has 0 saturated heterocycles. The van der Waals surface area contributed by atoms with Crippen LogP contribution in [0, 0.1) is 0 Å². The fourth-order valence-corrected chi connectivity index (χ4v) is 6.36. The molecule has 0 aromatic carbocycles. The standard InChI is InChI=1S/C45H79NO6S/c1-4-6-8-10-12-14-16-18-20-22-24-26-28-30-32-34-36-51-43(47)40-42(46-45(49)53-39-38-50-3)41-44(48)52-37-35-33-31-29-27-25-23-21-19-17-15-13-11-9-7-5-2/h12-15,18-21,42H,4-11,16-17,22-41H2,1-3H3,(H,46,49)/b14-12-,15-13-,20-18-,21-19-. The number of allylic oxidation sites excluding steroid dienone is 8. The zero-order chi connectivity index (χ0) is 38.7. The number of thioether (sulfide) groups is 1. The molecule has 0 aliphatic rings. The van der Waals surface area contributed by atoms with Gasteiger partial charge in [-0.05, 0) is 77.0 Å². The van der Waals surface area contributed by atoms with E-state index in [9.17, 15) is 14.4 Å². The van der Waals surface area contributed by atoms with Crippen molar-refractivity contribution in [2.45, 2.75) is 187 Å². The second kappa shape index (κ2) is 42.4. The maximum Gasteiger partial charge on any atom is 0.307 e. The first kappa shape index (κ1) is 50.7. The summed E-state index contributed by atoms with van der Waals surface area (Å²) < 4.78 is 15.9. The lowest BCUT2D eigenvalue weighted by atomic mass is 10.1. The van der Waals surface area contributed by atoms with Gasteiger partial charge < -0.3 is 19.5 Å². The summed E-state index contributed by atoms with van der Waals surface area (Å²) in [7, 11) is 1.58. The van der Waals surface area contributed by atoms with Crippen LogP contribution in [0.4, 0.5) is 4.79 Å². The van der Waals surface area contributed by atoms with Crippen LogP contribution in [0.1, 0.15) is 181 Å². The van der Waals surface area contributed by atoms with E-state index in [2.05, 4.69) is 67.8 Å². The Morgan fingerprint density at radius 3 is 1.28 bits per heavy atom. The molecule has 306 valence electrons. The topological polar surface area (TPSA) is 90.9 Å². The minimum atomic E-state index is -0.663. The lowest BCUT2D eigenvalue weighted by Crippen LogP contribution is -2.37. The first-order valence-electron chi connectivity index (χ1n) is 21.4. The van der Waals surface area contributed by atoms with Gasteiger partial charge in [-0.25, -0.2) is 0 Å². The fourth-order valence-electron chi connectivity index (χ4n) is 5.67. The number of hydrogen-bond donors (Lipinski definition) is 1. The van der Waals surface area contributed by atoms with Crippen molar-refractivity contribution in [3.8, 4) is 0 Å². The number of unbranched alkanes of at least 4 members (excludes halogenated alkanes) is 18. The molecule has 0 atom stereocenters. The monoisotopic (exact) mass is 762 g/mol. The van der Waals surface area contributed by atoms with Gasteiger partial charge in [0.2, 0.25) is 0 Å². The summed E-state index contributed by atoms with van der Waals surface area (Å²) >= 11 is 1.07. The first-order valence-corrected chi connectivity index (χ1v) is 22.3. The molecule has 0 aliphatic carbocycles. The van der Waals surface area contributed by atoms with Crippen LogP contribution in [-0.2, 0) is 23.8 Å². The third-order valence-corrected chi connectivity index (χ3v) is 9.64. The highest BCUT2D eigenvalue weighted by Gasteiger charge is 2.22. The Balaban J connectivity index is 4.11. The summed E-state index contributed by atoms with van der Waals surface area (Å²) in [5.74, 6) is -0.319. The van der Waals surface area contributed by atoms with Gasteiger partial charge in [-0.1, -0.05) is 151 Å². The van der Waals surface area contributed by atoms with Crippen LogP contribution < -0.4 is 5.32 Å². The summed E-state index contributed by atoms with van der Waals surface area (Å²) in [4.78, 5) is 37.6. The normalized spacial score (nSPS) is 11.9. The van der Waals surface area contributed by atoms with Gasteiger partial charge in [0.05, 0.1) is 38.7 Å². The average molecular weight is 762 g/mol. The molecule has 8 heteroatoms. The predicted octanol–water partition coefficient (Wildman–Crippen LogP) is 12.9. The van der Waals surface area contributed by atoms with Crippen molar-refractivity contribution < 1.29 is 28.6 Å². The number of hydrogen-bond acceptors (Lipinski definition) is 7. The van der Waals surface area contributed by atoms with Gasteiger partial charge in [0.25, 0.3) is 5.24 Å². The number of esters is 2. The molecule has 1 amide bonds. The second-order valence-corrected chi connectivity index (χ2v) is 15.1. The van der Waals surface area contributed by atoms with Gasteiger partial charge in [-0.2, -0.15) is 0 Å². The number of carbonyl (C=O) groups excluding carboxylic acids is 3. The molecule has 0 heterocycles. The summed E-state index contributed by atoms with van der Waals surface area (Å²) in [6.07, 6.45) is 45.8. The molecule has 0 saturated carbocycles. The van der Waals surface area contributed by atoms with Crippen molar-refractivity contribution >= 4 is 28.9 Å². The van der Waals surface area contributed by atoms with Crippen LogP contribution >= 0.6 is 11.8 Å². The summed E-state index contributed by atoms with van der Waals surface area (Å²) in [5, 5.41) is 2.52. The van der Waals surface area contributed by atoms with Gasteiger partial charge in [0.15, 0.2) is 0 Å². The molecule has 0 radical (unpaired) electrons. The lowest BCUT2D eigenvalue weighted by Gasteiger charge is -2.17. The molecule has 0 unspecified atom stereocenters. The molecular weight excluding hydrogens is 683 g/mol. The van der Waals surface area contributed by atoms with Crippen LogP contribution in [-0.4, -0.2) is 55.9 Å². The summed E-state index contributed by atoms with van der Waals surface area (Å²) in [6, 6.07) is -0.663. The van der Waals surface area contributed by atoms with Crippen LogP contribution in [0.3, 0.4) is 0 Å². The molecule has 0 aromatic heterocycles. The Bertz CT molecular complexity index is 899. The quantitative estimate of drug-likeness (QED) is 0.0380. The first-order chi connectivity index (χ1) is 26.0. The lowest BCUT2D eigenvalue weighted by molar-refractivity contribution is -0.146. The highest BCUT2D eigenvalue weighted by molar-refractivity contribution is 8.13. The molecule has 0 rings (SSSR count). The fraction of sp³-hybridized carbons (Fsp3) is 0.756. The smallest absolute Gasteiger partial charge is 0.307 e. The van der Waals surface area contributed by atoms with E-state index in [0.717, 1.165) is 76.0 Å². The zero-order valence-electron chi connectivity index (χ0n) is 34.3. The van der Waals surface area contributed by atoms with Crippen LogP contribution in [0.25, 0.3) is 0 Å². The second-order valence-electron chi connectivity index (χ2n) is 14.0. The molecule has 0 aromatic rings. The van der Waals surface area contributed by atoms with E-state index in [0.29, 0.717) is 25.6 Å². The SMILES string of the molecule is CCCCC/C=C\C/C=C\CCCCCCCCOC(=O)CC(CC(=O)OCCCCCCCC/C=C\C/C=C\CCCCC)NC(=O)SCCOC. The molecule has 0 bridgehead atoms. The summed E-state index contributed by atoms with van der Waals surface area (Å²) in [6.45, 7) is 5.63. The molecule has 0 fully saturated rings. The molecular formula is C45H79NO6S. The van der Waals surface area contributed by atoms with Gasteiger partial charge >= 0.3 is 11.9 Å². The van der Waals surface area contributed by atoms with E-state index in [1.807, 2.05) is 0 Å². The highest BCUT2D eigenvalue weighted by atomic mass is 32.2. The Morgan fingerprint density at radius 1 is 0.509 bits per heavy atom. The maximum atomic E-state index is 12.6. The third-order valence-electron chi connectivity index (χ3n) is 8.88. The molecule has 1 N–H and O–H groups in total. The molecule has 0 aliphatic heterocycles. The molecule has 7 nitrogen and oxygen atoms in total.